The molecule has 0 N–H and O–H groups in total. The van der Waals surface area contributed by atoms with Crippen LogP contribution in [0.4, 0.5) is 9.18 Å². The number of halogens is 2. The second kappa shape index (κ2) is 4.08. The Morgan fingerprint density at radius 3 is 2.55 bits per heavy atom. The van der Waals surface area contributed by atoms with Gasteiger partial charge in [0, 0.05) is 29.0 Å². The van der Waals surface area contributed by atoms with Crippen LogP contribution in [0.2, 0.25) is 0 Å². The number of hydrogen-bond donors (Lipinski definition) is 0. The molecule has 0 unspecified atom stereocenters. The molecule has 112 valence electrons. The summed E-state index contributed by atoms with van der Waals surface area (Å²) in [5, 5.41) is 0. The molecule has 2 saturated heterocycles. The molecule has 4 aliphatic rings. The van der Waals surface area contributed by atoms with Crippen LogP contribution in [0.15, 0.2) is 0 Å². The molecule has 1 amide bonds. The van der Waals surface area contributed by atoms with Crippen LogP contribution in [0.1, 0.15) is 46.5 Å². The standard InChI is InChI=1S/C14H19FINO3/c1-12(2,3)20-11(19)17-9(10(16)18)8-4-5-14(17)7-13(14,15)6-8/h8-9H,4-7H2,1-3H3/t8-,9+,13+,14-/m1/s1. The minimum absolute atomic E-state index is 0.0682. The molecule has 4 rings (SSSR count). The molecule has 0 radical (unpaired) electrons. The highest BCUT2D eigenvalue weighted by Crippen LogP contribution is 2.69. The Morgan fingerprint density at radius 2 is 2.05 bits per heavy atom. The summed E-state index contributed by atoms with van der Waals surface area (Å²) in [5.74, 6) is -0.0682. The van der Waals surface area contributed by atoms with Gasteiger partial charge in [-0.15, -0.1) is 0 Å². The Hall–Kier alpha value is -0.400. The Bertz CT molecular complexity index is 487. The Balaban J connectivity index is 1.94. The van der Waals surface area contributed by atoms with Crippen LogP contribution in [0.3, 0.4) is 0 Å². The number of rotatable bonds is 1. The van der Waals surface area contributed by atoms with Crippen molar-refractivity contribution < 1.29 is 18.7 Å². The first-order valence-electron chi connectivity index (χ1n) is 7.00. The number of carbonyl (C=O) groups excluding carboxylic acids is 2. The summed E-state index contributed by atoms with van der Waals surface area (Å²) in [6.45, 7) is 5.34. The van der Waals surface area contributed by atoms with Gasteiger partial charge >= 0.3 is 6.09 Å². The van der Waals surface area contributed by atoms with Crippen molar-refractivity contribution >= 4 is 32.5 Å². The lowest BCUT2D eigenvalue weighted by atomic mass is 9.74. The number of amides is 1. The second-order valence-electron chi connectivity index (χ2n) is 7.28. The van der Waals surface area contributed by atoms with E-state index in [0.717, 1.165) is 6.42 Å². The molecule has 0 aromatic carbocycles. The van der Waals surface area contributed by atoms with Crippen molar-refractivity contribution in [1.82, 2.24) is 4.90 Å². The van der Waals surface area contributed by atoms with Gasteiger partial charge in [-0.2, -0.15) is 0 Å². The molecule has 4 fully saturated rings. The summed E-state index contributed by atoms with van der Waals surface area (Å²) >= 11 is 1.73. The summed E-state index contributed by atoms with van der Waals surface area (Å²) in [6.07, 6.45) is 1.69. The van der Waals surface area contributed by atoms with E-state index in [-0.39, 0.29) is 9.71 Å². The molecule has 2 aliphatic carbocycles. The van der Waals surface area contributed by atoms with Gasteiger partial charge in [0.25, 0.3) is 0 Å². The van der Waals surface area contributed by atoms with Gasteiger partial charge in [0.2, 0.25) is 3.79 Å². The van der Waals surface area contributed by atoms with Crippen molar-refractivity contribution in [2.75, 3.05) is 0 Å². The SMILES string of the molecule is CC(C)(C)OC(=O)N1[C@H](C(=O)I)[C@@H]2CC[C@]13C[C@@]3(F)C2. The van der Waals surface area contributed by atoms with Crippen molar-refractivity contribution in [3.8, 4) is 0 Å². The van der Waals surface area contributed by atoms with E-state index in [1.54, 1.807) is 43.4 Å². The first-order chi connectivity index (χ1) is 9.10. The molecule has 6 heteroatoms. The number of alkyl halides is 1. The third kappa shape index (κ3) is 1.89. The van der Waals surface area contributed by atoms with Crippen LogP contribution in [-0.4, -0.2) is 37.6 Å². The van der Waals surface area contributed by atoms with Gasteiger partial charge in [0.15, 0.2) is 0 Å². The van der Waals surface area contributed by atoms with Crippen molar-refractivity contribution in [1.29, 1.82) is 0 Å². The zero-order valence-electron chi connectivity index (χ0n) is 11.9. The van der Waals surface area contributed by atoms with E-state index >= 15 is 0 Å². The molecule has 0 aromatic heterocycles. The molecule has 2 bridgehead atoms. The largest absolute Gasteiger partial charge is 0.444 e. The molecule has 4 nitrogen and oxygen atoms in total. The molecule has 20 heavy (non-hydrogen) atoms. The quantitative estimate of drug-likeness (QED) is 0.506. The van der Waals surface area contributed by atoms with Crippen molar-refractivity contribution in [2.45, 2.75) is 69.3 Å². The van der Waals surface area contributed by atoms with Crippen molar-refractivity contribution in [2.24, 2.45) is 5.92 Å². The van der Waals surface area contributed by atoms with Crippen LogP contribution >= 0.6 is 22.6 Å². The van der Waals surface area contributed by atoms with Crippen molar-refractivity contribution in [3.63, 3.8) is 0 Å². The average molecular weight is 395 g/mol. The van der Waals surface area contributed by atoms with Crippen molar-refractivity contribution in [3.05, 3.63) is 0 Å². The summed E-state index contributed by atoms with van der Waals surface area (Å²) < 4.78 is 20.1. The van der Waals surface area contributed by atoms with Crippen LogP contribution in [0, 0.1) is 5.92 Å². The van der Waals surface area contributed by atoms with Gasteiger partial charge in [0.05, 0.1) is 5.54 Å². The van der Waals surface area contributed by atoms with E-state index in [4.69, 9.17) is 4.74 Å². The molecule has 2 aliphatic heterocycles. The molecule has 2 heterocycles. The van der Waals surface area contributed by atoms with Crippen LogP contribution in [0.25, 0.3) is 0 Å². The lowest BCUT2D eigenvalue weighted by Crippen LogP contribution is -2.64. The van der Waals surface area contributed by atoms with Gasteiger partial charge < -0.3 is 4.74 Å². The first kappa shape index (κ1) is 14.5. The van der Waals surface area contributed by atoms with Crippen LogP contribution in [-0.2, 0) is 9.53 Å². The zero-order valence-corrected chi connectivity index (χ0v) is 14.1. The van der Waals surface area contributed by atoms with E-state index < -0.39 is 28.9 Å². The second-order valence-corrected chi connectivity index (χ2v) is 8.34. The number of piperidine rings is 2. The van der Waals surface area contributed by atoms with Gasteiger partial charge in [0.1, 0.15) is 17.3 Å². The maximum atomic E-state index is 14.7. The number of ether oxygens (including phenoxy) is 1. The minimum Gasteiger partial charge on any atom is -0.444 e. The van der Waals surface area contributed by atoms with Gasteiger partial charge in [-0.25, -0.2) is 9.18 Å². The average Bonchev–Trinajstić information content (AvgIpc) is 2.89. The highest BCUT2D eigenvalue weighted by molar-refractivity contribution is 14.1. The third-order valence-corrected chi connectivity index (χ3v) is 5.44. The monoisotopic (exact) mass is 395 g/mol. The Labute approximate surface area is 131 Å². The molecule has 2 saturated carbocycles. The summed E-state index contributed by atoms with van der Waals surface area (Å²) in [6, 6.07) is -0.523. The predicted octanol–water partition coefficient (Wildman–Crippen LogP) is 3.22. The summed E-state index contributed by atoms with van der Waals surface area (Å²) in [7, 11) is 0. The van der Waals surface area contributed by atoms with Gasteiger partial charge in [-0.3, -0.25) is 9.69 Å². The number of carbonyl (C=O) groups is 2. The highest BCUT2D eigenvalue weighted by Gasteiger charge is 2.80. The fourth-order valence-corrected chi connectivity index (χ4v) is 4.78. The number of fused-ring (bicyclic) bond motifs is 2. The fraction of sp³-hybridized carbons (Fsp3) is 0.857. The van der Waals surface area contributed by atoms with E-state index in [2.05, 4.69) is 0 Å². The number of hydrogen-bond acceptors (Lipinski definition) is 3. The molecular weight excluding hydrogens is 376 g/mol. The maximum absolute atomic E-state index is 14.7. The third-order valence-electron chi connectivity index (χ3n) is 4.80. The van der Waals surface area contributed by atoms with E-state index in [1.807, 2.05) is 0 Å². The minimum atomic E-state index is -1.30. The lowest BCUT2D eigenvalue weighted by Gasteiger charge is -2.51. The normalized spacial score (nSPS) is 42.1. The smallest absolute Gasteiger partial charge is 0.411 e. The van der Waals surface area contributed by atoms with E-state index in [9.17, 15) is 14.0 Å². The zero-order chi connectivity index (χ0) is 14.9. The van der Waals surface area contributed by atoms with E-state index in [0.29, 0.717) is 19.3 Å². The fourth-order valence-electron chi connectivity index (χ4n) is 3.99. The Morgan fingerprint density at radius 1 is 1.40 bits per heavy atom. The predicted molar refractivity (Wildman–Crippen MR) is 79.4 cm³/mol. The van der Waals surface area contributed by atoms with Gasteiger partial charge in [-0.1, -0.05) is 0 Å². The number of nitrogens with zero attached hydrogens (tertiary/aromatic N) is 1. The van der Waals surface area contributed by atoms with Gasteiger partial charge in [-0.05, 0) is 46.0 Å². The first-order valence-corrected chi connectivity index (χ1v) is 8.08. The maximum Gasteiger partial charge on any atom is 0.411 e. The molecule has 4 atom stereocenters. The topological polar surface area (TPSA) is 46.6 Å². The van der Waals surface area contributed by atoms with Crippen LogP contribution in [0.5, 0.6) is 0 Å². The molecular formula is C14H19FINO3. The summed E-state index contributed by atoms with van der Waals surface area (Å²) in [4.78, 5) is 25.9. The van der Waals surface area contributed by atoms with Crippen LogP contribution < -0.4 is 0 Å². The lowest BCUT2D eigenvalue weighted by molar-refractivity contribution is -0.126. The highest BCUT2D eigenvalue weighted by atomic mass is 127. The van der Waals surface area contributed by atoms with E-state index in [1.165, 1.54) is 4.90 Å². The molecule has 0 aromatic rings. The summed E-state index contributed by atoms with van der Waals surface area (Å²) in [5.41, 5.74) is -2.72. The Kier molecular flexibility index (Phi) is 2.96. The molecule has 1 spiro atoms.